The molecule has 0 aliphatic rings. The van der Waals surface area contributed by atoms with Crippen LogP contribution in [0.1, 0.15) is 22.8 Å². The highest BCUT2D eigenvalue weighted by molar-refractivity contribution is 7.96. The van der Waals surface area contributed by atoms with Crippen molar-refractivity contribution in [1.82, 2.24) is 29.2 Å². The number of rotatable bonds is 8. The number of tetrazole rings is 1. The van der Waals surface area contributed by atoms with Gasteiger partial charge in [0.2, 0.25) is 5.82 Å². The first-order valence-corrected chi connectivity index (χ1v) is 12.2. The van der Waals surface area contributed by atoms with E-state index >= 15 is 0 Å². The maximum Gasteiger partial charge on any atom is 0.337 e. The van der Waals surface area contributed by atoms with Crippen molar-refractivity contribution in [3.8, 4) is 28.5 Å². The number of hydrogen-bond donors (Lipinski definition) is 1. The predicted molar refractivity (Wildman–Crippen MR) is 135 cm³/mol. The number of fused-ring (bicyclic) bond motifs is 1. The zero-order chi connectivity index (χ0) is 24.4. The van der Waals surface area contributed by atoms with Crippen LogP contribution >= 0.6 is 11.9 Å². The van der Waals surface area contributed by atoms with Gasteiger partial charge < -0.3 is 9.84 Å². The summed E-state index contributed by atoms with van der Waals surface area (Å²) in [6.45, 7) is 2.72. The first-order valence-electron chi connectivity index (χ1n) is 11.0. The van der Waals surface area contributed by atoms with Gasteiger partial charge in [0.1, 0.15) is 0 Å². The van der Waals surface area contributed by atoms with Crippen molar-refractivity contribution in [2.24, 2.45) is 0 Å². The molecule has 10 heteroatoms. The van der Waals surface area contributed by atoms with Gasteiger partial charge in [-0.05, 0) is 52.9 Å². The molecule has 0 fully saturated rings. The zero-order valence-electron chi connectivity index (χ0n) is 19.1. The molecule has 0 radical (unpaired) electrons. The summed E-state index contributed by atoms with van der Waals surface area (Å²) < 4.78 is 9.03. The Kier molecular flexibility index (Phi) is 6.19. The van der Waals surface area contributed by atoms with Crippen LogP contribution in [0.2, 0.25) is 0 Å². The van der Waals surface area contributed by atoms with Gasteiger partial charge in [-0.15, -0.1) is 14.4 Å². The maximum atomic E-state index is 11.9. The van der Waals surface area contributed by atoms with Crippen LogP contribution in [0.4, 0.5) is 0 Å². The molecule has 2 aromatic heterocycles. The SMILES string of the molecule is CCOc1nc2cccc(C(=O)O)c2n1Cc1ccc(-c2ccccc2-c2nnn(SC)n2)cc1. The standard InChI is InChI=1S/C25H22N6O3S/c1-3-34-25-26-21-10-6-9-20(24(32)33)22(21)30(25)15-16-11-13-17(14-12-16)18-7-4-5-8-19(18)23-27-29-31(28-23)35-2/h4-14H,3,15H2,1-2H3,(H,32,33). The van der Waals surface area contributed by atoms with E-state index in [1.807, 2.05) is 66.3 Å². The molecule has 3 aromatic carbocycles. The van der Waals surface area contributed by atoms with Gasteiger partial charge in [-0.1, -0.05) is 54.6 Å². The van der Waals surface area contributed by atoms with E-state index in [2.05, 4.69) is 20.4 Å². The molecule has 35 heavy (non-hydrogen) atoms. The first-order chi connectivity index (χ1) is 17.1. The molecule has 0 bridgehead atoms. The highest BCUT2D eigenvalue weighted by Gasteiger charge is 2.19. The molecule has 2 heterocycles. The largest absolute Gasteiger partial charge is 0.478 e. The van der Waals surface area contributed by atoms with E-state index in [4.69, 9.17) is 4.74 Å². The molecule has 0 atom stereocenters. The van der Waals surface area contributed by atoms with E-state index in [9.17, 15) is 9.90 Å². The van der Waals surface area contributed by atoms with E-state index in [0.29, 0.717) is 36.0 Å². The third kappa shape index (κ3) is 4.35. The number of imidazole rings is 1. The van der Waals surface area contributed by atoms with Gasteiger partial charge >= 0.3 is 5.97 Å². The number of benzene rings is 3. The van der Waals surface area contributed by atoms with E-state index in [0.717, 1.165) is 22.3 Å². The van der Waals surface area contributed by atoms with Crippen LogP contribution in [0.25, 0.3) is 33.5 Å². The lowest BCUT2D eigenvalue weighted by molar-refractivity contribution is 0.0698. The lowest BCUT2D eigenvalue weighted by Gasteiger charge is -2.12. The molecule has 5 aromatic rings. The molecular formula is C25H22N6O3S. The van der Waals surface area contributed by atoms with Gasteiger partial charge in [0.05, 0.1) is 29.7 Å². The summed E-state index contributed by atoms with van der Waals surface area (Å²) in [6.07, 6.45) is 1.88. The summed E-state index contributed by atoms with van der Waals surface area (Å²) in [5.74, 6) is -0.440. The minimum Gasteiger partial charge on any atom is -0.478 e. The average Bonchev–Trinajstić information content (AvgIpc) is 3.50. The Morgan fingerprint density at radius 3 is 2.49 bits per heavy atom. The molecule has 0 aliphatic carbocycles. The lowest BCUT2D eigenvalue weighted by atomic mass is 9.98. The minimum absolute atomic E-state index is 0.192. The summed E-state index contributed by atoms with van der Waals surface area (Å²) in [5, 5.41) is 22.4. The van der Waals surface area contributed by atoms with E-state index in [1.54, 1.807) is 18.2 Å². The number of hydrogen-bond acceptors (Lipinski definition) is 7. The summed E-state index contributed by atoms with van der Waals surface area (Å²) in [4.78, 5) is 16.4. The lowest BCUT2D eigenvalue weighted by Crippen LogP contribution is -2.08. The molecule has 0 saturated heterocycles. The molecule has 1 N–H and O–H groups in total. The van der Waals surface area contributed by atoms with Gasteiger partial charge in [0, 0.05) is 11.8 Å². The van der Waals surface area contributed by atoms with Crippen LogP contribution in [0.5, 0.6) is 6.01 Å². The fourth-order valence-electron chi connectivity index (χ4n) is 4.01. The van der Waals surface area contributed by atoms with E-state index in [1.165, 1.54) is 16.1 Å². The predicted octanol–water partition coefficient (Wildman–Crippen LogP) is 4.63. The van der Waals surface area contributed by atoms with E-state index in [-0.39, 0.29) is 5.56 Å². The number of carbonyl (C=O) groups is 1. The summed E-state index contributed by atoms with van der Waals surface area (Å²) >= 11 is 1.38. The second-order valence-corrected chi connectivity index (χ2v) is 8.37. The Bertz CT molecular complexity index is 1510. The van der Waals surface area contributed by atoms with Crippen LogP contribution in [0.3, 0.4) is 0 Å². The van der Waals surface area contributed by atoms with Gasteiger partial charge in [-0.3, -0.25) is 4.57 Å². The number of nitrogens with zero attached hydrogens (tertiary/aromatic N) is 6. The van der Waals surface area contributed by atoms with Crippen LogP contribution in [-0.4, -0.2) is 53.1 Å². The van der Waals surface area contributed by atoms with Crippen molar-refractivity contribution in [3.63, 3.8) is 0 Å². The molecular weight excluding hydrogens is 464 g/mol. The highest BCUT2D eigenvalue weighted by Crippen LogP contribution is 2.31. The van der Waals surface area contributed by atoms with Crippen molar-refractivity contribution >= 4 is 29.0 Å². The number of ether oxygens (including phenoxy) is 1. The Balaban J connectivity index is 1.51. The summed E-state index contributed by atoms with van der Waals surface area (Å²) in [6, 6.07) is 21.5. The maximum absolute atomic E-state index is 11.9. The van der Waals surface area contributed by atoms with Crippen LogP contribution in [0, 0.1) is 0 Å². The van der Waals surface area contributed by atoms with Crippen molar-refractivity contribution in [2.75, 3.05) is 12.9 Å². The van der Waals surface area contributed by atoms with Crippen LogP contribution in [0.15, 0.2) is 66.7 Å². The molecule has 0 spiro atoms. The average molecular weight is 487 g/mol. The second kappa shape index (κ2) is 9.59. The van der Waals surface area contributed by atoms with Gasteiger partial charge in [0.25, 0.3) is 6.01 Å². The molecule has 0 unspecified atom stereocenters. The third-order valence-electron chi connectivity index (χ3n) is 5.57. The Morgan fingerprint density at radius 1 is 1.03 bits per heavy atom. The number of carboxylic acids is 1. The first kappa shape index (κ1) is 22.6. The highest BCUT2D eigenvalue weighted by atomic mass is 32.2. The number of carboxylic acid groups (broad SMARTS) is 1. The summed E-state index contributed by atoms with van der Waals surface area (Å²) in [7, 11) is 0. The van der Waals surface area contributed by atoms with Crippen molar-refractivity contribution in [2.45, 2.75) is 13.5 Å². The van der Waals surface area contributed by atoms with Gasteiger partial charge in [0.15, 0.2) is 0 Å². The Morgan fingerprint density at radius 2 is 1.80 bits per heavy atom. The van der Waals surface area contributed by atoms with Crippen LogP contribution in [-0.2, 0) is 6.54 Å². The number of para-hydroxylation sites is 1. The normalized spacial score (nSPS) is 11.1. The quantitative estimate of drug-likeness (QED) is 0.338. The smallest absolute Gasteiger partial charge is 0.337 e. The second-order valence-electron chi connectivity index (χ2n) is 7.68. The number of aromatic carboxylic acids is 1. The van der Waals surface area contributed by atoms with E-state index < -0.39 is 5.97 Å². The van der Waals surface area contributed by atoms with Crippen molar-refractivity contribution in [1.29, 1.82) is 0 Å². The number of aromatic nitrogens is 6. The topological polar surface area (TPSA) is 108 Å². The molecule has 0 aliphatic heterocycles. The zero-order valence-corrected chi connectivity index (χ0v) is 19.9. The van der Waals surface area contributed by atoms with Crippen molar-refractivity contribution in [3.05, 3.63) is 77.9 Å². The minimum atomic E-state index is -1.00. The van der Waals surface area contributed by atoms with Gasteiger partial charge in [-0.25, -0.2) is 4.79 Å². The summed E-state index contributed by atoms with van der Waals surface area (Å²) in [5.41, 5.74) is 5.21. The molecule has 9 nitrogen and oxygen atoms in total. The van der Waals surface area contributed by atoms with Crippen LogP contribution < -0.4 is 4.74 Å². The fraction of sp³-hybridized carbons (Fsp3) is 0.160. The fourth-order valence-corrected chi connectivity index (χ4v) is 4.28. The molecule has 5 rings (SSSR count). The van der Waals surface area contributed by atoms with Crippen molar-refractivity contribution < 1.29 is 14.6 Å². The van der Waals surface area contributed by atoms with Gasteiger partial charge in [-0.2, -0.15) is 4.98 Å². The Labute approximate surface area is 205 Å². The molecule has 0 saturated carbocycles. The molecule has 0 amide bonds. The Hall–Kier alpha value is -4.18. The molecule has 176 valence electrons. The third-order valence-corrected chi connectivity index (χ3v) is 6.05. The monoisotopic (exact) mass is 486 g/mol.